The van der Waals surface area contributed by atoms with Gasteiger partial charge in [0.2, 0.25) is 0 Å². The van der Waals surface area contributed by atoms with E-state index in [2.05, 4.69) is 45.7 Å². The number of hydrogen-bond donors (Lipinski definition) is 0. The summed E-state index contributed by atoms with van der Waals surface area (Å²) in [5.41, 5.74) is 3.01. The number of allylic oxidation sites excluding steroid dienone is 1. The molecule has 1 fully saturated rings. The Morgan fingerprint density at radius 2 is 1.68 bits per heavy atom. The lowest BCUT2D eigenvalue weighted by atomic mass is 10.1. The summed E-state index contributed by atoms with van der Waals surface area (Å²) in [6.45, 7) is 3.74. The van der Waals surface area contributed by atoms with Crippen molar-refractivity contribution in [3.05, 3.63) is 77.5 Å². The molecule has 0 aliphatic carbocycles. The fourth-order valence-electron chi connectivity index (χ4n) is 3.09. The highest BCUT2D eigenvalue weighted by Crippen LogP contribution is 2.16. The third-order valence-corrected chi connectivity index (χ3v) is 4.73. The average molecular weight is 386 g/mol. The van der Waals surface area contributed by atoms with Gasteiger partial charge < -0.3 is 9.64 Å². The van der Waals surface area contributed by atoms with Crippen LogP contribution in [0.2, 0.25) is 0 Å². The van der Waals surface area contributed by atoms with Gasteiger partial charge in [0, 0.05) is 50.6 Å². The summed E-state index contributed by atoms with van der Waals surface area (Å²) in [6, 6.07) is 14.3. The molecule has 0 aromatic heterocycles. The number of carbonyl (C=O) groups excluding carboxylic acids is 1. The molecule has 4 nitrogen and oxygen atoms in total. The maximum atomic E-state index is 12.2. The van der Waals surface area contributed by atoms with Crippen LogP contribution < -0.4 is 4.74 Å². The topological polar surface area (TPSA) is 32.8 Å². The second-order valence-corrected chi connectivity index (χ2v) is 6.88. The largest absolute Gasteiger partial charge is 0.435 e. The zero-order valence-electron chi connectivity index (χ0n) is 15.9. The summed E-state index contributed by atoms with van der Waals surface area (Å²) in [4.78, 5) is 16.8. The Bertz CT molecular complexity index is 796. The molecule has 1 aliphatic rings. The minimum Gasteiger partial charge on any atom is -0.435 e. The second kappa shape index (κ2) is 9.46. The number of hydrogen-bond acceptors (Lipinski definition) is 4. The van der Waals surface area contributed by atoms with Crippen molar-refractivity contribution in [3.63, 3.8) is 0 Å². The van der Waals surface area contributed by atoms with E-state index >= 15 is 0 Å². The van der Waals surface area contributed by atoms with Crippen molar-refractivity contribution in [1.29, 1.82) is 0 Å². The molecule has 0 spiro atoms. The normalized spacial score (nSPS) is 15.4. The van der Waals surface area contributed by atoms with E-state index < -0.39 is 6.61 Å². The Kier molecular flexibility index (Phi) is 6.76. The van der Waals surface area contributed by atoms with Gasteiger partial charge in [-0.25, -0.2) is 0 Å². The van der Waals surface area contributed by atoms with Crippen LogP contribution in [-0.2, 0) is 6.54 Å². The van der Waals surface area contributed by atoms with Crippen molar-refractivity contribution in [2.24, 2.45) is 0 Å². The van der Waals surface area contributed by atoms with Crippen LogP contribution in [0, 0.1) is 6.92 Å². The monoisotopic (exact) mass is 386 g/mol. The minimum atomic E-state index is -2.87. The van der Waals surface area contributed by atoms with Crippen molar-refractivity contribution < 1.29 is 18.3 Å². The summed E-state index contributed by atoms with van der Waals surface area (Å²) in [5, 5.41) is 0. The van der Waals surface area contributed by atoms with Crippen LogP contribution in [0.3, 0.4) is 0 Å². The summed E-state index contributed by atoms with van der Waals surface area (Å²) in [7, 11) is 0. The van der Waals surface area contributed by atoms with E-state index in [4.69, 9.17) is 0 Å². The molecule has 0 unspecified atom stereocenters. The summed E-state index contributed by atoms with van der Waals surface area (Å²) < 4.78 is 28.6. The van der Waals surface area contributed by atoms with Gasteiger partial charge in [0.15, 0.2) is 5.78 Å². The third kappa shape index (κ3) is 5.89. The first kappa shape index (κ1) is 20.0. The van der Waals surface area contributed by atoms with E-state index in [1.165, 1.54) is 41.5 Å². The number of halogens is 2. The van der Waals surface area contributed by atoms with Gasteiger partial charge in [-0.3, -0.25) is 9.69 Å². The van der Waals surface area contributed by atoms with Crippen LogP contribution in [0.4, 0.5) is 8.78 Å². The summed E-state index contributed by atoms with van der Waals surface area (Å²) in [6.07, 6.45) is 3.34. The molecule has 6 heteroatoms. The maximum absolute atomic E-state index is 12.2. The SMILES string of the molecule is Cc1ccc(CN2CCN(/C=C/C(=O)c3ccc(OC(F)F)cc3)CC2)cc1. The first-order valence-corrected chi connectivity index (χ1v) is 9.29. The van der Waals surface area contributed by atoms with E-state index in [-0.39, 0.29) is 11.5 Å². The molecule has 0 bridgehead atoms. The Labute approximate surface area is 164 Å². The molecule has 28 heavy (non-hydrogen) atoms. The number of alkyl halides is 2. The highest BCUT2D eigenvalue weighted by molar-refractivity contribution is 6.04. The lowest BCUT2D eigenvalue weighted by molar-refractivity contribution is -0.0498. The first-order chi connectivity index (χ1) is 13.5. The van der Waals surface area contributed by atoms with Gasteiger partial charge in [-0.05, 0) is 36.8 Å². The average Bonchev–Trinajstić information content (AvgIpc) is 2.69. The number of carbonyl (C=O) groups is 1. The minimum absolute atomic E-state index is 0.0419. The van der Waals surface area contributed by atoms with Gasteiger partial charge in [0.05, 0.1) is 0 Å². The van der Waals surface area contributed by atoms with Gasteiger partial charge in [-0.1, -0.05) is 29.8 Å². The molecule has 3 rings (SSSR count). The van der Waals surface area contributed by atoms with Gasteiger partial charge in [-0.15, -0.1) is 0 Å². The number of aryl methyl sites for hydroxylation is 1. The Hall–Kier alpha value is -2.73. The molecule has 1 saturated heterocycles. The summed E-state index contributed by atoms with van der Waals surface area (Å²) in [5.74, 6) is -0.120. The molecule has 0 amide bonds. The number of nitrogens with zero attached hydrogens (tertiary/aromatic N) is 2. The van der Waals surface area contributed by atoms with Crippen LogP contribution in [-0.4, -0.2) is 48.4 Å². The smallest absolute Gasteiger partial charge is 0.387 e. The number of ether oxygens (including phenoxy) is 1. The Morgan fingerprint density at radius 1 is 1.04 bits per heavy atom. The number of rotatable bonds is 7. The fourth-order valence-corrected chi connectivity index (χ4v) is 3.09. The van der Waals surface area contributed by atoms with Crippen LogP contribution in [0.1, 0.15) is 21.5 Å². The predicted molar refractivity (Wildman–Crippen MR) is 105 cm³/mol. The van der Waals surface area contributed by atoms with E-state index in [1.54, 1.807) is 0 Å². The van der Waals surface area contributed by atoms with Gasteiger partial charge >= 0.3 is 6.61 Å². The molecule has 0 N–H and O–H groups in total. The summed E-state index contributed by atoms with van der Waals surface area (Å²) >= 11 is 0. The van der Waals surface area contributed by atoms with Crippen molar-refractivity contribution in [2.75, 3.05) is 26.2 Å². The van der Waals surface area contributed by atoms with E-state index in [0.717, 1.165) is 32.7 Å². The van der Waals surface area contributed by atoms with E-state index in [0.29, 0.717) is 5.56 Å². The molecule has 0 radical (unpaired) electrons. The third-order valence-electron chi connectivity index (χ3n) is 4.73. The molecular formula is C22H24F2N2O2. The maximum Gasteiger partial charge on any atom is 0.387 e. The molecule has 148 valence electrons. The molecule has 1 aliphatic heterocycles. The second-order valence-electron chi connectivity index (χ2n) is 6.88. The van der Waals surface area contributed by atoms with Crippen molar-refractivity contribution >= 4 is 5.78 Å². The predicted octanol–water partition coefficient (Wildman–Crippen LogP) is 4.11. The van der Waals surface area contributed by atoms with Gasteiger partial charge in [0.1, 0.15) is 5.75 Å². The van der Waals surface area contributed by atoms with E-state index in [9.17, 15) is 13.6 Å². The lowest BCUT2D eigenvalue weighted by Crippen LogP contribution is -2.43. The van der Waals surface area contributed by atoms with Crippen molar-refractivity contribution in [2.45, 2.75) is 20.1 Å². The highest BCUT2D eigenvalue weighted by atomic mass is 19.3. The lowest BCUT2D eigenvalue weighted by Gasteiger charge is -2.34. The van der Waals surface area contributed by atoms with Crippen LogP contribution in [0.5, 0.6) is 5.75 Å². The molecule has 0 saturated carbocycles. The fraction of sp³-hybridized carbons (Fsp3) is 0.318. The van der Waals surface area contributed by atoms with Crippen LogP contribution in [0.25, 0.3) is 0 Å². The Balaban J connectivity index is 1.46. The quantitative estimate of drug-likeness (QED) is 0.530. The number of benzene rings is 2. The standard InChI is InChI=1S/C22H24F2N2O2/c1-17-2-4-18(5-3-17)16-26-14-12-25(13-15-26)11-10-21(27)19-6-8-20(9-7-19)28-22(23)24/h2-11,22H,12-16H2,1H3/b11-10+. The molecule has 0 atom stereocenters. The molecule has 1 heterocycles. The van der Waals surface area contributed by atoms with Gasteiger partial charge in [0.25, 0.3) is 0 Å². The molecule has 2 aromatic carbocycles. The van der Waals surface area contributed by atoms with E-state index in [1.807, 2.05) is 6.20 Å². The van der Waals surface area contributed by atoms with Gasteiger partial charge in [-0.2, -0.15) is 8.78 Å². The zero-order chi connectivity index (χ0) is 19.9. The number of ketones is 1. The first-order valence-electron chi connectivity index (χ1n) is 9.29. The molecule has 2 aromatic rings. The van der Waals surface area contributed by atoms with Crippen molar-refractivity contribution in [1.82, 2.24) is 9.80 Å². The van der Waals surface area contributed by atoms with Crippen molar-refractivity contribution in [3.8, 4) is 5.75 Å². The van der Waals surface area contributed by atoms with Crippen LogP contribution >= 0.6 is 0 Å². The zero-order valence-corrected chi connectivity index (χ0v) is 15.9. The number of piperazine rings is 1. The molecular weight excluding hydrogens is 362 g/mol. The Morgan fingerprint density at radius 3 is 2.29 bits per heavy atom. The highest BCUT2D eigenvalue weighted by Gasteiger charge is 2.15. The van der Waals surface area contributed by atoms with Crippen LogP contribution in [0.15, 0.2) is 60.8 Å².